The van der Waals surface area contributed by atoms with Crippen LogP contribution in [-0.4, -0.2) is 24.7 Å². The van der Waals surface area contributed by atoms with Crippen LogP contribution in [0.2, 0.25) is 0 Å². The van der Waals surface area contributed by atoms with E-state index in [2.05, 4.69) is 26.7 Å². The SMILES string of the molecule is Cc1cc(NCc2cccs2)nc(-c2nn(Cc3ccccc3F)c3ncccc23)n1. The van der Waals surface area contributed by atoms with Crippen LogP contribution in [-0.2, 0) is 13.1 Å². The Labute approximate surface area is 182 Å². The molecule has 0 aliphatic carbocycles. The number of benzene rings is 1. The summed E-state index contributed by atoms with van der Waals surface area (Å²) < 4.78 is 15.9. The Morgan fingerprint density at radius 1 is 1.06 bits per heavy atom. The third-order valence-corrected chi connectivity index (χ3v) is 5.75. The van der Waals surface area contributed by atoms with Gasteiger partial charge in [0.05, 0.1) is 18.5 Å². The number of hydrogen-bond donors (Lipinski definition) is 1. The summed E-state index contributed by atoms with van der Waals surface area (Å²) in [5.74, 6) is 0.978. The summed E-state index contributed by atoms with van der Waals surface area (Å²) in [5.41, 5.74) is 2.67. The van der Waals surface area contributed by atoms with Gasteiger partial charge in [-0.2, -0.15) is 5.10 Å². The highest BCUT2D eigenvalue weighted by Crippen LogP contribution is 2.26. The van der Waals surface area contributed by atoms with E-state index in [1.807, 2.05) is 37.3 Å². The first-order chi connectivity index (χ1) is 15.2. The molecule has 0 fully saturated rings. The van der Waals surface area contributed by atoms with Gasteiger partial charge in [-0.3, -0.25) is 0 Å². The Balaban J connectivity index is 1.53. The van der Waals surface area contributed by atoms with Crippen molar-refractivity contribution in [3.63, 3.8) is 0 Å². The van der Waals surface area contributed by atoms with Crippen molar-refractivity contribution in [2.75, 3.05) is 5.32 Å². The van der Waals surface area contributed by atoms with Crippen molar-refractivity contribution in [1.29, 1.82) is 0 Å². The maximum absolute atomic E-state index is 14.2. The topological polar surface area (TPSA) is 68.5 Å². The standard InChI is InChI=1S/C23H19FN6S/c1-15-12-20(26-13-17-7-5-11-31-17)28-22(27-15)21-18-8-4-10-25-23(18)30(29-21)14-16-6-2-3-9-19(16)24/h2-12H,13-14H2,1H3,(H,26,27,28). The smallest absolute Gasteiger partial charge is 0.183 e. The minimum atomic E-state index is -0.268. The molecule has 0 radical (unpaired) electrons. The summed E-state index contributed by atoms with van der Waals surface area (Å²) in [7, 11) is 0. The number of aromatic nitrogens is 5. The van der Waals surface area contributed by atoms with Gasteiger partial charge >= 0.3 is 0 Å². The fourth-order valence-corrected chi connectivity index (χ4v) is 4.07. The van der Waals surface area contributed by atoms with E-state index in [1.165, 1.54) is 10.9 Å². The van der Waals surface area contributed by atoms with Crippen molar-refractivity contribution in [1.82, 2.24) is 24.7 Å². The van der Waals surface area contributed by atoms with E-state index in [4.69, 9.17) is 10.1 Å². The third-order valence-electron chi connectivity index (χ3n) is 4.87. The second-order valence-electron chi connectivity index (χ2n) is 7.12. The monoisotopic (exact) mass is 430 g/mol. The van der Waals surface area contributed by atoms with Crippen molar-refractivity contribution in [3.8, 4) is 11.5 Å². The second-order valence-corrected chi connectivity index (χ2v) is 8.16. The van der Waals surface area contributed by atoms with Crippen LogP contribution in [0.5, 0.6) is 0 Å². The zero-order valence-corrected chi connectivity index (χ0v) is 17.6. The van der Waals surface area contributed by atoms with Crippen LogP contribution in [0.3, 0.4) is 0 Å². The van der Waals surface area contributed by atoms with Gasteiger partial charge in [0.25, 0.3) is 0 Å². The molecule has 0 bridgehead atoms. The Bertz CT molecular complexity index is 1350. The molecule has 0 aliphatic rings. The number of thiophene rings is 1. The number of pyridine rings is 1. The molecule has 154 valence electrons. The van der Waals surface area contributed by atoms with E-state index in [9.17, 15) is 4.39 Å². The second kappa shape index (κ2) is 8.23. The first-order valence-electron chi connectivity index (χ1n) is 9.84. The number of nitrogens with zero attached hydrogens (tertiary/aromatic N) is 5. The normalized spacial score (nSPS) is 11.2. The molecule has 0 saturated heterocycles. The summed E-state index contributed by atoms with van der Waals surface area (Å²) >= 11 is 1.69. The molecule has 1 aromatic carbocycles. The molecule has 4 heterocycles. The van der Waals surface area contributed by atoms with Crippen LogP contribution >= 0.6 is 11.3 Å². The summed E-state index contributed by atoms with van der Waals surface area (Å²) in [4.78, 5) is 15.0. The largest absolute Gasteiger partial charge is 0.365 e. The predicted octanol–water partition coefficient (Wildman–Crippen LogP) is 5.06. The average molecular weight is 431 g/mol. The molecule has 5 aromatic rings. The van der Waals surface area contributed by atoms with Gasteiger partial charge in [-0.1, -0.05) is 24.3 Å². The van der Waals surface area contributed by atoms with Crippen LogP contribution in [0.15, 0.2) is 66.2 Å². The maximum atomic E-state index is 14.2. The van der Waals surface area contributed by atoms with Gasteiger partial charge in [0, 0.05) is 28.4 Å². The van der Waals surface area contributed by atoms with Gasteiger partial charge in [-0.05, 0) is 36.6 Å². The van der Waals surface area contributed by atoms with Crippen LogP contribution in [0.25, 0.3) is 22.6 Å². The lowest BCUT2D eigenvalue weighted by Crippen LogP contribution is -2.05. The number of anilines is 1. The summed E-state index contributed by atoms with van der Waals surface area (Å²) in [6.07, 6.45) is 1.71. The van der Waals surface area contributed by atoms with E-state index >= 15 is 0 Å². The molecule has 8 heteroatoms. The van der Waals surface area contributed by atoms with Crippen molar-refractivity contribution < 1.29 is 4.39 Å². The van der Waals surface area contributed by atoms with Gasteiger partial charge in [0.2, 0.25) is 0 Å². The van der Waals surface area contributed by atoms with Gasteiger partial charge in [-0.15, -0.1) is 11.3 Å². The third kappa shape index (κ3) is 4.02. The molecule has 0 spiro atoms. The fraction of sp³-hybridized carbons (Fsp3) is 0.130. The molecule has 5 rings (SSSR count). The number of nitrogens with one attached hydrogen (secondary N) is 1. The number of hydrogen-bond acceptors (Lipinski definition) is 6. The van der Waals surface area contributed by atoms with E-state index in [-0.39, 0.29) is 12.4 Å². The Morgan fingerprint density at radius 3 is 2.81 bits per heavy atom. The van der Waals surface area contributed by atoms with E-state index in [0.29, 0.717) is 29.3 Å². The molecule has 0 atom stereocenters. The lowest BCUT2D eigenvalue weighted by molar-refractivity contribution is 0.589. The molecule has 0 saturated carbocycles. The minimum Gasteiger partial charge on any atom is -0.365 e. The van der Waals surface area contributed by atoms with Crippen LogP contribution in [0, 0.1) is 12.7 Å². The Kier molecular flexibility index (Phi) is 5.13. The van der Waals surface area contributed by atoms with E-state index in [0.717, 1.165) is 16.9 Å². The van der Waals surface area contributed by atoms with Crippen LogP contribution in [0.4, 0.5) is 10.2 Å². The molecule has 6 nitrogen and oxygen atoms in total. The van der Waals surface area contributed by atoms with Gasteiger partial charge in [0.15, 0.2) is 11.5 Å². The molecule has 0 amide bonds. The first-order valence-corrected chi connectivity index (χ1v) is 10.7. The first kappa shape index (κ1) is 19.3. The number of rotatable bonds is 6. The number of fused-ring (bicyclic) bond motifs is 1. The van der Waals surface area contributed by atoms with Gasteiger partial charge in [-0.25, -0.2) is 24.0 Å². The van der Waals surface area contributed by atoms with Crippen molar-refractivity contribution in [2.45, 2.75) is 20.0 Å². The van der Waals surface area contributed by atoms with Gasteiger partial charge in [0.1, 0.15) is 17.3 Å². The molecule has 1 N–H and O–H groups in total. The molecule has 0 unspecified atom stereocenters. The van der Waals surface area contributed by atoms with Crippen LogP contribution < -0.4 is 5.32 Å². The summed E-state index contributed by atoms with van der Waals surface area (Å²) in [6.45, 7) is 2.89. The predicted molar refractivity (Wildman–Crippen MR) is 120 cm³/mol. The van der Waals surface area contributed by atoms with E-state index in [1.54, 1.807) is 34.3 Å². The summed E-state index contributed by atoms with van der Waals surface area (Å²) in [5, 5.41) is 11.0. The zero-order chi connectivity index (χ0) is 21.2. The fourth-order valence-electron chi connectivity index (χ4n) is 3.43. The van der Waals surface area contributed by atoms with Crippen molar-refractivity contribution in [2.24, 2.45) is 0 Å². The lowest BCUT2D eigenvalue weighted by Gasteiger charge is -2.07. The van der Waals surface area contributed by atoms with Crippen molar-refractivity contribution >= 4 is 28.2 Å². The van der Waals surface area contributed by atoms with Gasteiger partial charge < -0.3 is 5.32 Å². The maximum Gasteiger partial charge on any atom is 0.183 e. The minimum absolute atomic E-state index is 0.268. The highest BCUT2D eigenvalue weighted by atomic mass is 32.1. The summed E-state index contributed by atoms with van der Waals surface area (Å²) in [6, 6.07) is 16.5. The molecule has 31 heavy (non-hydrogen) atoms. The quantitative estimate of drug-likeness (QED) is 0.408. The molecular formula is C23H19FN6S. The van der Waals surface area contributed by atoms with Crippen LogP contribution in [0.1, 0.15) is 16.1 Å². The average Bonchev–Trinajstić information content (AvgIpc) is 3.42. The van der Waals surface area contributed by atoms with Crippen molar-refractivity contribution in [3.05, 3.63) is 88.1 Å². The highest BCUT2D eigenvalue weighted by molar-refractivity contribution is 7.09. The molecule has 4 aromatic heterocycles. The zero-order valence-electron chi connectivity index (χ0n) is 16.8. The highest BCUT2D eigenvalue weighted by Gasteiger charge is 2.17. The number of halogens is 1. The lowest BCUT2D eigenvalue weighted by atomic mass is 10.2. The Morgan fingerprint density at radius 2 is 1.97 bits per heavy atom. The molecule has 0 aliphatic heterocycles. The number of aryl methyl sites for hydroxylation is 1. The molecular weight excluding hydrogens is 411 g/mol. The Hall–Kier alpha value is -3.65. The van der Waals surface area contributed by atoms with E-state index < -0.39 is 0 Å².